The molecular weight excluding hydrogens is 339 g/mol. The van der Waals surface area contributed by atoms with E-state index in [0.29, 0.717) is 12.1 Å². The van der Waals surface area contributed by atoms with E-state index in [0.717, 1.165) is 51.9 Å². The van der Waals surface area contributed by atoms with Gasteiger partial charge in [0.25, 0.3) is 0 Å². The lowest BCUT2D eigenvalue weighted by Gasteiger charge is -2.39. The van der Waals surface area contributed by atoms with Crippen molar-refractivity contribution in [1.29, 1.82) is 0 Å². The Balaban J connectivity index is 1.39. The molecule has 1 spiro atoms. The average Bonchev–Trinajstić information content (AvgIpc) is 3.10. The summed E-state index contributed by atoms with van der Waals surface area (Å²) < 4.78 is 14.0. The molecule has 2 aliphatic heterocycles. The fourth-order valence-corrected chi connectivity index (χ4v) is 4.59. The highest BCUT2D eigenvalue weighted by Gasteiger charge is 2.48. The Kier molecular flexibility index (Phi) is 5.26. The van der Waals surface area contributed by atoms with Gasteiger partial charge >= 0.3 is 0 Å². The second-order valence-electron chi connectivity index (χ2n) is 7.96. The largest absolute Gasteiger partial charge is 0.338 e. The van der Waals surface area contributed by atoms with Crippen molar-refractivity contribution in [3.05, 3.63) is 71.5 Å². The summed E-state index contributed by atoms with van der Waals surface area (Å²) in [5.74, 6) is 0.0000437. The zero-order valence-electron chi connectivity index (χ0n) is 15.7. The number of carbonyl (C=O) groups excluding carboxylic acids is 1. The first kappa shape index (κ1) is 18.2. The van der Waals surface area contributed by atoms with E-state index < -0.39 is 0 Å². The van der Waals surface area contributed by atoms with Crippen molar-refractivity contribution >= 4 is 5.91 Å². The van der Waals surface area contributed by atoms with Crippen LogP contribution in [-0.4, -0.2) is 41.9 Å². The molecule has 0 aliphatic carbocycles. The Morgan fingerprint density at radius 3 is 2.56 bits per heavy atom. The van der Waals surface area contributed by atoms with Gasteiger partial charge in [-0.1, -0.05) is 48.5 Å². The van der Waals surface area contributed by atoms with Gasteiger partial charge in [-0.2, -0.15) is 0 Å². The number of benzene rings is 2. The van der Waals surface area contributed by atoms with Gasteiger partial charge in [-0.05, 0) is 43.9 Å². The lowest BCUT2D eigenvalue weighted by atomic mass is 9.78. The van der Waals surface area contributed by atoms with Crippen LogP contribution in [0.3, 0.4) is 0 Å². The summed E-state index contributed by atoms with van der Waals surface area (Å²) in [4.78, 5) is 17.6. The van der Waals surface area contributed by atoms with E-state index in [4.69, 9.17) is 0 Å². The molecule has 2 aromatic carbocycles. The van der Waals surface area contributed by atoms with Gasteiger partial charge in [-0.25, -0.2) is 4.39 Å². The van der Waals surface area contributed by atoms with Crippen molar-refractivity contribution in [2.75, 3.05) is 26.2 Å². The van der Waals surface area contributed by atoms with Crippen LogP contribution in [-0.2, 0) is 17.8 Å². The zero-order chi connectivity index (χ0) is 18.7. The molecule has 3 nitrogen and oxygen atoms in total. The Bertz CT molecular complexity index is 794. The number of nitrogens with zero attached hydrogens (tertiary/aromatic N) is 2. The van der Waals surface area contributed by atoms with E-state index in [9.17, 15) is 9.18 Å². The molecule has 2 heterocycles. The van der Waals surface area contributed by atoms with Crippen LogP contribution >= 0.6 is 0 Å². The number of hydrogen-bond donors (Lipinski definition) is 0. The smallest absolute Gasteiger partial charge is 0.230 e. The Morgan fingerprint density at radius 1 is 0.963 bits per heavy atom. The molecule has 4 rings (SSSR count). The molecule has 1 unspecified atom stereocenters. The predicted molar refractivity (Wildman–Crippen MR) is 105 cm³/mol. The highest BCUT2D eigenvalue weighted by molar-refractivity contribution is 5.84. The highest BCUT2D eigenvalue weighted by atomic mass is 19.1. The molecule has 0 N–H and O–H groups in total. The summed E-state index contributed by atoms with van der Waals surface area (Å²) in [6, 6.07) is 17.3. The highest BCUT2D eigenvalue weighted by Crippen LogP contribution is 2.40. The summed E-state index contributed by atoms with van der Waals surface area (Å²) in [7, 11) is 0. The van der Waals surface area contributed by atoms with Crippen molar-refractivity contribution in [2.24, 2.45) is 5.41 Å². The van der Waals surface area contributed by atoms with Gasteiger partial charge in [0, 0.05) is 31.7 Å². The monoisotopic (exact) mass is 366 g/mol. The topological polar surface area (TPSA) is 23.6 Å². The minimum Gasteiger partial charge on any atom is -0.338 e. The van der Waals surface area contributed by atoms with Crippen LogP contribution in [0.5, 0.6) is 0 Å². The molecule has 1 atom stereocenters. The van der Waals surface area contributed by atoms with Gasteiger partial charge in [0.2, 0.25) is 5.91 Å². The molecule has 0 bridgehead atoms. The van der Waals surface area contributed by atoms with Gasteiger partial charge < -0.3 is 9.80 Å². The molecule has 2 aliphatic rings. The van der Waals surface area contributed by atoms with Crippen LogP contribution in [0.25, 0.3) is 0 Å². The molecule has 4 heteroatoms. The first-order valence-electron chi connectivity index (χ1n) is 9.95. The second-order valence-corrected chi connectivity index (χ2v) is 7.96. The molecule has 0 radical (unpaired) electrons. The molecule has 1 amide bonds. The number of halogens is 1. The summed E-state index contributed by atoms with van der Waals surface area (Å²) >= 11 is 0. The van der Waals surface area contributed by atoms with Crippen LogP contribution in [0.1, 0.15) is 30.4 Å². The maximum Gasteiger partial charge on any atom is 0.230 e. The second kappa shape index (κ2) is 7.81. The zero-order valence-corrected chi connectivity index (χ0v) is 15.7. The Labute approximate surface area is 160 Å². The standard InChI is InChI=1S/C23H27FN2O/c24-21-10-5-4-9-20(21)17-26-14-6-12-23(22(26)27)13-16-25(18-23)15-11-19-7-2-1-3-8-19/h1-5,7-10H,6,11-18H2. The molecule has 27 heavy (non-hydrogen) atoms. The molecule has 0 saturated carbocycles. The molecule has 0 aromatic heterocycles. The van der Waals surface area contributed by atoms with Crippen molar-refractivity contribution in [3.8, 4) is 0 Å². The van der Waals surface area contributed by atoms with E-state index in [1.165, 1.54) is 11.6 Å². The van der Waals surface area contributed by atoms with Crippen molar-refractivity contribution in [2.45, 2.75) is 32.2 Å². The third-order valence-corrected chi connectivity index (χ3v) is 6.14. The summed E-state index contributed by atoms with van der Waals surface area (Å²) in [6.45, 7) is 3.93. The maximum atomic E-state index is 14.0. The number of carbonyl (C=O) groups is 1. The third kappa shape index (κ3) is 3.91. The normalized spacial score (nSPS) is 23.3. The van der Waals surface area contributed by atoms with E-state index in [2.05, 4.69) is 29.2 Å². The van der Waals surface area contributed by atoms with E-state index >= 15 is 0 Å². The fourth-order valence-electron chi connectivity index (χ4n) is 4.59. The minimum atomic E-state index is -0.264. The number of piperidine rings is 1. The van der Waals surface area contributed by atoms with Gasteiger partial charge in [0.1, 0.15) is 5.82 Å². The SMILES string of the molecule is O=C1N(Cc2ccccc2F)CCCC12CCN(CCc1ccccc1)C2. The lowest BCUT2D eigenvalue weighted by molar-refractivity contribution is -0.146. The Morgan fingerprint density at radius 2 is 1.74 bits per heavy atom. The van der Waals surface area contributed by atoms with Crippen molar-refractivity contribution in [3.63, 3.8) is 0 Å². The first-order chi connectivity index (χ1) is 13.2. The van der Waals surface area contributed by atoms with Gasteiger partial charge in [-0.3, -0.25) is 4.79 Å². The quantitative estimate of drug-likeness (QED) is 0.802. The van der Waals surface area contributed by atoms with E-state index in [1.807, 2.05) is 17.0 Å². The van der Waals surface area contributed by atoms with Crippen molar-refractivity contribution in [1.82, 2.24) is 9.80 Å². The molecule has 2 aromatic rings. The van der Waals surface area contributed by atoms with Crippen LogP contribution in [0.15, 0.2) is 54.6 Å². The van der Waals surface area contributed by atoms with Gasteiger partial charge in [-0.15, -0.1) is 0 Å². The number of amides is 1. The predicted octanol–water partition coefficient (Wildman–Crippen LogP) is 3.88. The van der Waals surface area contributed by atoms with E-state index in [1.54, 1.807) is 12.1 Å². The lowest BCUT2D eigenvalue weighted by Crippen LogP contribution is -2.49. The third-order valence-electron chi connectivity index (χ3n) is 6.14. The van der Waals surface area contributed by atoms with E-state index in [-0.39, 0.29) is 17.1 Å². The van der Waals surface area contributed by atoms with Crippen molar-refractivity contribution < 1.29 is 9.18 Å². The van der Waals surface area contributed by atoms with Gasteiger partial charge in [0.15, 0.2) is 0 Å². The fraction of sp³-hybridized carbons (Fsp3) is 0.435. The van der Waals surface area contributed by atoms with Crippen LogP contribution in [0, 0.1) is 11.2 Å². The maximum absolute atomic E-state index is 14.0. The van der Waals surface area contributed by atoms with Crippen LogP contribution in [0.2, 0.25) is 0 Å². The van der Waals surface area contributed by atoms with Gasteiger partial charge in [0.05, 0.1) is 5.41 Å². The number of likely N-dealkylation sites (tertiary alicyclic amines) is 2. The first-order valence-corrected chi connectivity index (χ1v) is 9.95. The summed E-state index contributed by atoms with van der Waals surface area (Å²) in [5, 5.41) is 0. The molecule has 142 valence electrons. The minimum absolute atomic E-state index is 0.221. The Hall–Kier alpha value is -2.20. The van der Waals surface area contributed by atoms with Crippen LogP contribution in [0.4, 0.5) is 4.39 Å². The summed E-state index contributed by atoms with van der Waals surface area (Å²) in [5.41, 5.74) is 1.69. The average molecular weight is 366 g/mol. The molecule has 2 saturated heterocycles. The molecular formula is C23H27FN2O. The molecule has 2 fully saturated rings. The summed E-state index contributed by atoms with van der Waals surface area (Å²) in [6.07, 6.45) is 3.91. The number of rotatable bonds is 5. The van der Waals surface area contributed by atoms with Crippen LogP contribution < -0.4 is 0 Å². The number of hydrogen-bond acceptors (Lipinski definition) is 2.